The summed E-state index contributed by atoms with van der Waals surface area (Å²) in [6, 6.07) is 9.36. The van der Waals surface area contributed by atoms with Crippen molar-refractivity contribution in [2.45, 2.75) is 6.10 Å². The maximum absolute atomic E-state index is 9.83. The van der Waals surface area contributed by atoms with E-state index in [0.29, 0.717) is 5.69 Å². The predicted octanol–water partition coefficient (Wildman–Crippen LogP) is 0.928. The Balaban J connectivity index is 1.94. The third-order valence-electron chi connectivity index (χ3n) is 2.24. The fourth-order valence-corrected chi connectivity index (χ4v) is 1.38. The molecule has 0 aliphatic heterocycles. The zero-order valence-corrected chi connectivity index (χ0v) is 8.95. The minimum Gasteiger partial charge on any atom is -0.490 e. The van der Waals surface area contributed by atoms with Gasteiger partial charge in [0.1, 0.15) is 18.5 Å². The number of rotatable bonds is 4. The first kappa shape index (κ1) is 10.6. The van der Waals surface area contributed by atoms with Crippen LogP contribution >= 0.6 is 0 Å². The normalized spacial score (nSPS) is 12.4. The second-order valence-corrected chi connectivity index (χ2v) is 3.42. The molecule has 84 valence electrons. The van der Waals surface area contributed by atoms with Gasteiger partial charge in [-0.2, -0.15) is 0 Å². The largest absolute Gasteiger partial charge is 0.490 e. The number of aliphatic hydroxyl groups excluding tert-OH is 1. The van der Waals surface area contributed by atoms with Crippen molar-refractivity contribution >= 4 is 0 Å². The van der Waals surface area contributed by atoms with Crippen LogP contribution in [0.5, 0.6) is 5.75 Å². The number of aliphatic hydroxyl groups is 1. The summed E-state index contributed by atoms with van der Waals surface area (Å²) in [5.41, 5.74) is 0.635. The highest BCUT2D eigenvalue weighted by Crippen LogP contribution is 2.14. The Hall–Kier alpha value is -1.88. The molecule has 1 unspecified atom stereocenters. The minimum absolute atomic E-state index is 0.186. The summed E-state index contributed by atoms with van der Waals surface area (Å²) in [6.45, 7) is 0.186. The van der Waals surface area contributed by atoms with Crippen molar-refractivity contribution in [2.75, 3.05) is 6.61 Å². The summed E-state index contributed by atoms with van der Waals surface area (Å²) in [5, 5.41) is 17.3. The molecule has 1 atom stereocenters. The average Bonchev–Trinajstić information content (AvgIpc) is 2.74. The highest BCUT2D eigenvalue weighted by molar-refractivity contribution is 5.21. The Bertz CT molecular complexity index is 442. The van der Waals surface area contributed by atoms with Crippen molar-refractivity contribution in [1.82, 2.24) is 15.0 Å². The Kier molecular flexibility index (Phi) is 3.16. The summed E-state index contributed by atoms with van der Waals surface area (Å²) in [5.74, 6) is 0.733. The molecule has 0 aliphatic rings. The molecule has 0 radical (unpaired) electrons. The lowest BCUT2D eigenvalue weighted by Crippen LogP contribution is -2.13. The van der Waals surface area contributed by atoms with Crippen LogP contribution in [0.1, 0.15) is 11.8 Å². The van der Waals surface area contributed by atoms with Crippen molar-refractivity contribution < 1.29 is 9.84 Å². The van der Waals surface area contributed by atoms with E-state index in [0.717, 1.165) is 5.75 Å². The van der Waals surface area contributed by atoms with Crippen molar-refractivity contribution in [3.63, 3.8) is 0 Å². The molecular formula is C11H13N3O2. The average molecular weight is 219 g/mol. The molecule has 5 heteroatoms. The molecule has 1 heterocycles. The Labute approximate surface area is 93.3 Å². The maximum Gasteiger partial charge on any atom is 0.131 e. The van der Waals surface area contributed by atoms with Gasteiger partial charge in [0.25, 0.3) is 0 Å². The third kappa shape index (κ3) is 2.38. The Morgan fingerprint density at radius 3 is 2.75 bits per heavy atom. The number of aromatic nitrogens is 3. The number of para-hydroxylation sites is 1. The highest BCUT2D eigenvalue weighted by Gasteiger charge is 2.12. The molecule has 2 rings (SSSR count). The number of hydrogen-bond donors (Lipinski definition) is 1. The molecule has 2 aromatic rings. The first-order valence-corrected chi connectivity index (χ1v) is 4.98. The quantitative estimate of drug-likeness (QED) is 0.831. The smallest absolute Gasteiger partial charge is 0.131 e. The van der Waals surface area contributed by atoms with E-state index in [4.69, 9.17) is 4.74 Å². The standard InChI is InChI=1S/C11H13N3O2/c1-14-10(7-12-13-14)11(15)8-16-9-5-3-2-4-6-9/h2-7,11,15H,8H2,1H3. The van der Waals surface area contributed by atoms with Crippen LogP contribution in [-0.2, 0) is 7.05 Å². The predicted molar refractivity (Wildman–Crippen MR) is 57.9 cm³/mol. The molecule has 0 aliphatic carbocycles. The third-order valence-corrected chi connectivity index (χ3v) is 2.24. The molecule has 1 aromatic heterocycles. The van der Waals surface area contributed by atoms with E-state index in [1.807, 2.05) is 30.3 Å². The number of hydrogen-bond acceptors (Lipinski definition) is 4. The van der Waals surface area contributed by atoms with E-state index >= 15 is 0 Å². The van der Waals surface area contributed by atoms with Crippen molar-refractivity contribution in [2.24, 2.45) is 7.05 Å². The van der Waals surface area contributed by atoms with E-state index in [1.165, 1.54) is 10.9 Å². The summed E-state index contributed by atoms with van der Waals surface area (Å²) in [7, 11) is 1.73. The van der Waals surface area contributed by atoms with Gasteiger partial charge in [0.2, 0.25) is 0 Å². The van der Waals surface area contributed by atoms with Gasteiger partial charge in [0, 0.05) is 7.05 Å². The molecule has 16 heavy (non-hydrogen) atoms. The van der Waals surface area contributed by atoms with E-state index in [1.54, 1.807) is 7.05 Å². The van der Waals surface area contributed by atoms with Crippen LogP contribution in [-0.4, -0.2) is 26.7 Å². The van der Waals surface area contributed by atoms with Gasteiger partial charge in [-0.15, -0.1) is 5.10 Å². The van der Waals surface area contributed by atoms with Gasteiger partial charge < -0.3 is 9.84 Å². The van der Waals surface area contributed by atoms with E-state index in [-0.39, 0.29) is 6.61 Å². The van der Waals surface area contributed by atoms with Crippen LogP contribution in [0.2, 0.25) is 0 Å². The highest BCUT2D eigenvalue weighted by atomic mass is 16.5. The molecule has 1 N–H and O–H groups in total. The first-order valence-electron chi connectivity index (χ1n) is 4.98. The molecule has 0 fully saturated rings. The van der Waals surface area contributed by atoms with Gasteiger partial charge in [0.05, 0.1) is 11.9 Å². The Morgan fingerprint density at radius 2 is 2.12 bits per heavy atom. The topological polar surface area (TPSA) is 60.2 Å². The number of nitrogens with zero attached hydrogens (tertiary/aromatic N) is 3. The van der Waals surface area contributed by atoms with Gasteiger partial charge in [-0.05, 0) is 12.1 Å². The molecule has 0 bridgehead atoms. The van der Waals surface area contributed by atoms with Gasteiger partial charge in [-0.25, -0.2) is 4.68 Å². The molecule has 0 saturated carbocycles. The SMILES string of the molecule is Cn1nncc1C(O)COc1ccccc1. The minimum atomic E-state index is -0.722. The lowest BCUT2D eigenvalue weighted by Gasteiger charge is -2.11. The zero-order chi connectivity index (χ0) is 11.4. The number of aryl methyl sites for hydroxylation is 1. The fraction of sp³-hybridized carbons (Fsp3) is 0.273. The van der Waals surface area contributed by atoms with Gasteiger partial charge >= 0.3 is 0 Å². The van der Waals surface area contributed by atoms with Crippen molar-refractivity contribution in [3.05, 3.63) is 42.2 Å². The molecular weight excluding hydrogens is 206 g/mol. The molecule has 0 saturated heterocycles. The van der Waals surface area contributed by atoms with Gasteiger partial charge in [0.15, 0.2) is 0 Å². The molecule has 0 amide bonds. The zero-order valence-electron chi connectivity index (χ0n) is 8.95. The van der Waals surface area contributed by atoms with Crippen LogP contribution in [0.15, 0.2) is 36.5 Å². The van der Waals surface area contributed by atoms with Gasteiger partial charge in [-0.3, -0.25) is 0 Å². The summed E-state index contributed by atoms with van der Waals surface area (Å²) < 4.78 is 6.95. The lowest BCUT2D eigenvalue weighted by molar-refractivity contribution is 0.101. The van der Waals surface area contributed by atoms with Crippen LogP contribution in [0.4, 0.5) is 0 Å². The number of benzene rings is 1. The van der Waals surface area contributed by atoms with E-state index in [2.05, 4.69) is 10.3 Å². The lowest BCUT2D eigenvalue weighted by atomic mass is 10.3. The van der Waals surface area contributed by atoms with E-state index < -0.39 is 6.10 Å². The van der Waals surface area contributed by atoms with Crippen LogP contribution in [0.25, 0.3) is 0 Å². The second-order valence-electron chi connectivity index (χ2n) is 3.42. The fourth-order valence-electron chi connectivity index (χ4n) is 1.38. The van der Waals surface area contributed by atoms with Crippen LogP contribution in [0.3, 0.4) is 0 Å². The van der Waals surface area contributed by atoms with Crippen molar-refractivity contribution in [3.8, 4) is 5.75 Å². The summed E-state index contributed by atoms with van der Waals surface area (Å²) >= 11 is 0. The summed E-state index contributed by atoms with van der Waals surface area (Å²) in [4.78, 5) is 0. The van der Waals surface area contributed by atoms with Gasteiger partial charge in [-0.1, -0.05) is 23.4 Å². The van der Waals surface area contributed by atoms with Crippen LogP contribution < -0.4 is 4.74 Å². The van der Waals surface area contributed by atoms with Crippen LogP contribution in [0, 0.1) is 0 Å². The monoisotopic (exact) mass is 219 g/mol. The molecule has 0 spiro atoms. The second kappa shape index (κ2) is 4.76. The molecule has 5 nitrogen and oxygen atoms in total. The Morgan fingerprint density at radius 1 is 1.38 bits per heavy atom. The van der Waals surface area contributed by atoms with Crippen molar-refractivity contribution in [1.29, 1.82) is 0 Å². The maximum atomic E-state index is 9.83. The first-order chi connectivity index (χ1) is 7.77. The molecule has 1 aromatic carbocycles. The van der Waals surface area contributed by atoms with E-state index in [9.17, 15) is 5.11 Å². The summed E-state index contributed by atoms with van der Waals surface area (Å²) in [6.07, 6.45) is 0.805. The number of ether oxygens (including phenoxy) is 1.